The molecule has 0 aliphatic rings. The van der Waals surface area contributed by atoms with Crippen molar-refractivity contribution in [3.8, 4) is 11.4 Å². The summed E-state index contributed by atoms with van der Waals surface area (Å²) in [5, 5.41) is 10.7. The van der Waals surface area contributed by atoms with Crippen LogP contribution in [0, 0.1) is 6.92 Å². The summed E-state index contributed by atoms with van der Waals surface area (Å²) < 4.78 is 43.0. The van der Waals surface area contributed by atoms with Gasteiger partial charge in [-0.05, 0) is 43.7 Å². The van der Waals surface area contributed by atoms with Crippen LogP contribution in [0.1, 0.15) is 40.3 Å². The molecule has 4 aromatic rings. The number of carbonyl (C=O) groups excluding carboxylic acids is 1. The number of nitrogens with zero attached hydrogens (tertiary/aromatic N) is 5. The van der Waals surface area contributed by atoms with Crippen LogP contribution in [0.2, 0.25) is 0 Å². The topological polar surface area (TPSA) is 94.7 Å². The van der Waals surface area contributed by atoms with E-state index in [0.717, 1.165) is 28.1 Å². The number of halogens is 3. The Kier molecular flexibility index (Phi) is 6.01. The van der Waals surface area contributed by atoms with Gasteiger partial charge in [-0.25, -0.2) is 14.3 Å². The average molecular weight is 468 g/mol. The molecule has 174 valence electrons. The summed E-state index contributed by atoms with van der Waals surface area (Å²) in [4.78, 5) is 29.2. The molecule has 11 heteroatoms. The highest BCUT2D eigenvalue weighted by atomic mass is 19.4. The van der Waals surface area contributed by atoms with Crippen molar-refractivity contribution < 1.29 is 18.0 Å². The van der Waals surface area contributed by atoms with Crippen LogP contribution in [0.5, 0.6) is 0 Å². The number of alkyl halides is 3. The molecular weight excluding hydrogens is 449 g/mol. The summed E-state index contributed by atoms with van der Waals surface area (Å²) >= 11 is 0. The van der Waals surface area contributed by atoms with Gasteiger partial charge in [0.1, 0.15) is 12.7 Å². The van der Waals surface area contributed by atoms with E-state index in [1.807, 2.05) is 0 Å². The first-order valence-corrected chi connectivity index (χ1v) is 10.2. The first kappa shape index (κ1) is 22.9. The molecule has 1 atom stereocenters. The van der Waals surface area contributed by atoms with E-state index in [-0.39, 0.29) is 11.4 Å². The molecule has 0 aliphatic heterocycles. The van der Waals surface area contributed by atoms with Gasteiger partial charge in [0.15, 0.2) is 5.69 Å². The maximum absolute atomic E-state index is 13.5. The molecule has 1 unspecified atom stereocenters. The molecule has 0 saturated heterocycles. The van der Waals surface area contributed by atoms with Crippen molar-refractivity contribution >= 4 is 5.91 Å². The summed E-state index contributed by atoms with van der Waals surface area (Å²) in [6.45, 7) is 3.16. The number of amides is 1. The Balaban J connectivity index is 1.62. The Labute approximate surface area is 191 Å². The summed E-state index contributed by atoms with van der Waals surface area (Å²) in [7, 11) is 0. The monoisotopic (exact) mass is 468 g/mol. The van der Waals surface area contributed by atoms with Gasteiger partial charge in [0.25, 0.3) is 5.91 Å². The highest BCUT2D eigenvalue weighted by molar-refractivity contribution is 5.92. The molecule has 1 amide bonds. The first-order chi connectivity index (χ1) is 16.1. The molecule has 4 rings (SSSR count). The fourth-order valence-corrected chi connectivity index (χ4v) is 3.45. The number of hydrogen-bond acceptors (Lipinski definition) is 5. The number of aryl methyl sites for hydroxylation is 1. The molecule has 2 heterocycles. The summed E-state index contributed by atoms with van der Waals surface area (Å²) in [5.74, 6) is -0.795. The molecule has 0 fully saturated rings. The maximum Gasteiger partial charge on any atom is 0.418 e. The standard InChI is InChI=1S/C23H19F3N6O2/c1-14-11-20(33)21(30-32(14)19-6-4-3-5-18(19)23(24,25)26)22(34)29-15(2)16-7-9-17(10-8-16)31-13-27-12-28-31/h3-13,15H,1-2H3,(H,29,34). The third kappa shape index (κ3) is 4.58. The van der Waals surface area contributed by atoms with Crippen molar-refractivity contribution in [1.82, 2.24) is 29.9 Å². The molecule has 0 spiro atoms. The van der Waals surface area contributed by atoms with Crippen molar-refractivity contribution in [3.63, 3.8) is 0 Å². The number of benzene rings is 2. The second-order valence-corrected chi connectivity index (χ2v) is 7.55. The van der Waals surface area contributed by atoms with Gasteiger partial charge in [-0.15, -0.1) is 0 Å². The molecular formula is C23H19F3N6O2. The van der Waals surface area contributed by atoms with Gasteiger partial charge in [-0.1, -0.05) is 24.3 Å². The van der Waals surface area contributed by atoms with Crippen molar-refractivity contribution in [2.24, 2.45) is 0 Å². The molecule has 2 aromatic carbocycles. The van der Waals surface area contributed by atoms with E-state index in [1.165, 1.54) is 31.5 Å². The third-order valence-corrected chi connectivity index (χ3v) is 5.18. The van der Waals surface area contributed by atoms with Crippen LogP contribution in [0.4, 0.5) is 13.2 Å². The number of hydrogen-bond donors (Lipinski definition) is 1. The minimum absolute atomic E-state index is 0.162. The van der Waals surface area contributed by atoms with Crippen molar-refractivity contribution in [2.75, 3.05) is 0 Å². The van der Waals surface area contributed by atoms with Crippen molar-refractivity contribution in [3.05, 3.63) is 100.0 Å². The van der Waals surface area contributed by atoms with Gasteiger partial charge in [0, 0.05) is 11.8 Å². The minimum atomic E-state index is -4.64. The van der Waals surface area contributed by atoms with E-state index >= 15 is 0 Å². The molecule has 0 aliphatic carbocycles. The van der Waals surface area contributed by atoms with Gasteiger partial charge < -0.3 is 5.32 Å². The Morgan fingerprint density at radius 3 is 2.44 bits per heavy atom. The average Bonchev–Trinajstić information content (AvgIpc) is 3.33. The molecule has 2 aromatic heterocycles. The molecule has 0 bridgehead atoms. The minimum Gasteiger partial charge on any atom is -0.344 e. The van der Waals surface area contributed by atoms with E-state index in [9.17, 15) is 22.8 Å². The van der Waals surface area contributed by atoms with Gasteiger partial charge in [-0.3, -0.25) is 9.59 Å². The Bertz CT molecular complexity index is 1380. The molecule has 1 N–H and O–H groups in total. The highest BCUT2D eigenvalue weighted by Crippen LogP contribution is 2.33. The third-order valence-electron chi connectivity index (χ3n) is 5.18. The molecule has 8 nitrogen and oxygen atoms in total. The lowest BCUT2D eigenvalue weighted by molar-refractivity contribution is -0.137. The zero-order valence-electron chi connectivity index (χ0n) is 18.1. The SMILES string of the molecule is Cc1cc(=O)c(C(=O)NC(C)c2ccc(-n3cncn3)cc2)nn1-c1ccccc1C(F)(F)F. The number of carbonyl (C=O) groups is 1. The molecule has 34 heavy (non-hydrogen) atoms. The summed E-state index contributed by atoms with van der Waals surface area (Å²) in [5.41, 5.74) is -0.730. The summed E-state index contributed by atoms with van der Waals surface area (Å²) in [6.07, 6.45) is -1.68. The Morgan fingerprint density at radius 1 is 1.09 bits per heavy atom. The lowest BCUT2D eigenvalue weighted by atomic mass is 10.1. The summed E-state index contributed by atoms with van der Waals surface area (Å²) in [6, 6.07) is 12.6. The quantitative estimate of drug-likeness (QED) is 0.483. The van der Waals surface area contributed by atoms with Gasteiger partial charge in [-0.2, -0.15) is 23.4 Å². The van der Waals surface area contributed by atoms with Crippen LogP contribution < -0.4 is 10.7 Å². The molecule has 0 radical (unpaired) electrons. The fraction of sp³-hybridized carbons (Fsp3) is 0.174. The second-order valence-electron chi connectivity index (χ2n) is 7.55. The predicted octanol–water partition coefficient (Wildman–Crippen LogP) is 3.63. The van der Waals surface area contributed by atoms with Gasteiger partial charge >= 0.3 is 6.18 Å². The zero-order valence-corrected chi connectivity index (χ0v) is 18.1. The van der Waals surface area contributed by atoms with Crippen LogP contribution in [-0.2, 0) is 6.18 Å². The lowest BCUT2D eigenvalue weighted by Crippen LogP contribution is -2.33. The zero-order chi connectivity index (χ0) is 24.5. The normalized spacial score (nSPS) is 12.4. The van der Waals surface area contributed by atoms with E-state index in [4.69, 9.17) is 0 Å². The van der Waals surface area contributed by atoms with Gasteiger partial charge in [0.2, 0.25) is 5.43 Å². The predicted molar refractivity (Wildman–Crippen MR) is 117 cm³/mol. The van der Waals surface area contributed by atoms with E-state index in [2.05, 4.69) is 20.5 Å². The highest BCUT2D eigenvalue weighted by Gasteiger charge is 2.34. The number of nitrogens with one attached hydrogen (secondary N) is 1. The largest absolute Gasteiger partial charge is 0.418 e. The van der Waals surface area contributed by atoms with E-state index in [0.29, 0.717) is 0 Å². The van der Waals surface area contributed by atoms with Gasteiger partial charge in [0.05, 0.1) is 23.0 Å². The lowest BCUT2D eigenvalue weighted by Gasteiger charge is -2.18. The Morgan fingerprint density at radius 2 is 1.79 bits per heavy atom. The maximum atomic E-state index is 13.5. The number of aromatic nitrogens is 5. The van der Waals surface area contributed by atoms with Crippen LogP contribution >= 0.6 is 0 Å². The molecule has 0 saturated carbocycles. The Hall–Kier alpha value is -4.28. The van der Waals surface area contributed by atoms with Crippen molar-refractivity contribution in [2.45, 2.75) is 26.1 Å². The van der Waals surface area contributed by atoms with Crippen molar-refractivity contribution in [1.29, 1.82) is 0 Å². The first-order valence-electron chi connectivity index (χ1n) is 10.2. The second kappa shape index (κ2) is 8.93. The smallest absolute Gasteiger partial charge is 0.344 e. The van der Waals surface area contributed by atoms with E-state index < -0.39 is 34.8 Å². The number of rotatable bonds is 5. The van der Waals surface area contributed by atoms with Crippen LogP contribution in [0.15, 0.2) is 72.0 Å². The van der Waals surface area contributed by atoms with E-state index in [1.54, 1.807) is 42.2 Å². The van der Waals surface area contributed by atoms with Crippen LogP contribution in [0.3, 0.4) is 0 Å². The van der Waals surface area contributed by atoms with Crippen LogP contribution in [-0.4, -0.2) is 30.5 Å². The van der Waals surface area contributed by atoms with Crippen LogP contribution in [0.25, 0.3) is 11.4 Å². The fourth-order valence-electron chi connectivity index (χ4n) is 3.45. The number of para-hydroxylation sites is 1.